The van der Waals surface area contributed by atoms with Crippen molar-refractivity contribution in [2.24, 2.45) is 11.8 Å². The molecule has 1 aliphatic carbocycles. The van der Waals surface area contributed by atoms with Crippen LogP contribution in [0.1, 0.15) is 52.4 Å². The van der Waals surface area contributed by atoms with Gasteiger partial charge in [0.15, 0.2) is 0 Å². The molecule has 1 fully saturated rings. The molecular formula is C12H22. The van der Waals surface area contributed by atoms with Gasteiger partial charge in [-0.2, -0.15) is 0 Å². The third-order valence-electron chi connectivity index (χ3n) is 3.22. The summed E-state index contributed by atoms with van der Waals surface area (Å²) >= 11 is 0. The maximum atomic E-state index is 2.42. The second kappa shape index (κ2) is 5.40. The van der Waals surface area contributed by atoms with E-state index < -0.39 is 0 Å². The SMILES string of the molecule is C/C=C/CCCC1CCCC1C. The lowest BCUT2D eigenvalue weighted by Gasteiger charge is -2.13. The zero-order valence-electron chi connectivity index (χ0n) is 8.55. The highest BCUT2D eigenvalue weighted by Gasteiger charge is 2.21. The molecule has 1 rings (SSSR count). The van der Waals surface area contributed by atoms with Gasteiger partial charge in [0, 0.05) is 0 Å². The van der Waals surface area contributed by atoms with Crippen molar-refractivity contribution in [1.29, 1.82) is 0 Å². The Morgan fingerprint density at radius 2 is 2.17 bits per heavy atom. The molecule has 2 atom stereocenters. The number of hydrogen-bond acceptors (Lipinski definition) is 0. The van der Waals surface area contributed by atoms with Crippen molar-refractivity contribution < 1.29 is 0 Å². The highest BCUT2D eigenvalue weighted by atomic mass is 14.3. The molecule has 1 aliphatic rings. The summed E-state index contributed by atoms with van der Waals surface area (Å²) in [5, 5.41) is 0. The molecule has 12 heavy (non-hydrogen) atoms. The summed E-state index contributed by atoms with van der Waals surface area (Å²) in [6.45, 7) is 4.53. The zero-order valence-corrected chi connectivity index (χ0v) is 8.55. The van der Waals surface area contributed by atoms with E-state index in [4.69, 9.17) is 0 Å². The predicted octanol–water partition coefficient (Wildman–Crippen LogP) is 4.17. The Balaban J connectivity index is 2.06. The second-order valence-electron chi connectivity index (χ2n) is 4.17. The van der Waals surface area contributed by atoms with Gasteiger partial charge >= 0.3 is 0 Å². The first-order valence-electron chi connectivity index (χ1n) is 5.45. The van der Waals surface area contributed by atoms with Gasteiger partial charge in [0.05, 0.1) is 0 Å². The first-order chi connectivity index (χ1) is 5.84. The van der Waals surface area contributed by atoms with E-state index in [-0.39, 0.29) is 0 Å². The summed E-state index contributed by atoms with van der Waals surface area (Å²) in [6.07, 6.45) is 13.1. The van der Waals surface area contributed by atoms with Crippen molar-refractivity contribution in [2.75, 3.05) is 0 Å². The summed E-state index contributed by atoms with van der Waals surface area (Å²) in [5.74, 6) is 2.06. The lowest BCUT2D eigenvalue weighted by molar-refractivity contribution is 0.383. The Morgan fingerprint density at radius 1 is 1.33 bits per heavy atom. The van der Waals surface area contributed by atoms with E-state index in [9.17, 15) is 0 Å². The van der Waals surface area contributed by atoms with Crippen LogP contribution in [0.3, 0.4) is 0 Å². The standard InChI is InChI=1S/C12H22/c1-3-4-5-6-9-12-10-7-8-11(12)2/h3-4,11-12H,5-10H2,1-2H3/b4-3+. The molecule has 0 aliphatic heterocycles. The fourth-order valence-corrected chi connectivity index (χ4v) is 2.32. The molecule has 0 aromatic carbocycles. The third kappa shape index (κ3) is 3.00. The molecular weight excluding hydrogens is 144 g/mol. The molecule has 2 unspecified atom stereocenters. The van der Waals surface area contributed by atoms with Gasteiger partial charge in [0.25, 0.3) is 0 Å². The first-order valence-corrected chi connectivity index (χ1v) is 5.45. The highest BCUT2D eigenvalue weighted by Crippen LogP contribution is 2.34. The van der Waals surface area contributed by atoms with Crippen LogP contribution < -0.4 is 0 Å². The molecule has 0 amide bonds. The quantitative estimate of drug-likeness (QED) is 0.434. The van der Waals surface area contributed by atoms with Crippen molar-refractivity contribution in [3.05, 3.63) is 12.2 Å². The van der Waals surface area contributed by atoms with Crippen LogP contribution in [-0.4, -0.2) is 0 Å². The minimum absolute atomic E-state index is 1.01. The van der Waals surface area contributed by atoms with E-state index in [0.29, 0.717) is 0 Å². The lowest BCUT2D eigenvalue weighted by Crippen LogP contribution is -2.02. The van der Waals surface area contributed by atoms with Gasteiger partial charge < -0.3 is 0 Å². The van der Waals surface area contributed by atoms with Gasteiger partial charge in [-0.15, -0.1) is 0 Å². The molecule has 0 radical (unpaired) electrons. The average Bonchev–Trinajstić information content (AvgIpc) is 2.46. The van der Waals surface area contributed by atoms with Gasteiger partial charge in [0.2, 0.25) is 0 Å². The predicted molar refractivity (Wildman–Crippen MR) is 55.2 cm³/mol. The summed E-state index contributed by atoms with van der Waals surface area (Å²) in [4.78, 5) is 0. The summed E-state index contributed by atoms with van der Waals surface area (Å²) in [6, 6.07) is 0. The molecule has 0 saturated heterocycles. The smallest absolute Gasteiger partial charge is 0.0351 e. The largest absolute Gasteiger partial charge is 0.0917 e. The number of hydrogen-bond donors (Lipinski definition) is 0. The van der Waals surface area contributed by atoms with Crippen LogP contribution in [0.15, 0.2) is 12.2 Å². The Kier molecular flexibility index (Phi) is 4.42. The van der Waals surface area contributed by atoms with E-state index in [1.807, 2.05) is 0 Å². The number of allylic oxidation sites excluding steroid dienone is 2. The van der Waals surface area contributed by atoms with Gasteiger partial charge in [-0.25, -0.2) is 0 Å². The highest BCUT2D eigenvalue weighted by molar-refractivity contribution is 4.79. The Bertz CT molecular complexity index is 135. The molecule has 0 spiro atoms. The second-order valence-corrected chi connectivity index (χ2v) is 4.17. The number of unbranched alkanes of at least 4 members (excludes halogenated alkanes) is 1. The Labute approximate surface area is 77.1 Å². The van der Waals surface area contributed by atoms with Crippen LogP contribution in [0.25, 0.3) is 0 Å². The first kappa shape index (κ1) is 9.83. The van der Waals surface area contributed by atoms with Crippen LogP contribution in [0.5, 0.6) is 0 Å². The topological polar surface area (TPSA) is 0 Å². The van der Waals surface area contributed by atoms with Crippen molar-refractivity contribution in [2.45, 2.75) is 52.4 Å². The molecule has 0 heterocycles. The van der Waals surface area contributed by atoms with E-state index in [2.05, 4.69) is 26.0 Å². The maximum absolute atomic E-state index is 2.42. The van der Waals surface area contributed by atoms with E-state index >= 15 is 0 Å². The van der Waals surface area contributed by atoms with Crippen molar-refractivity contribution >= 4 is 0 Å². The fourth-order valence-electron chi connectivity index (χ4n) is 2.32. The van der Waals surface area contributed by atoms with Crippen LogP contribution in [0.2, 0.25) is 0 Å². The van der Waals surface area contributed by atoms with Crippen molar-refractivity contribution in [1.82, 2.24) is 0 Å². The van der Waals surface area contributed by atoms with Crippen molar-refractivity contribution in [3.8, 4) is 0 Å². The maximum Gasteiger partial charge on any atom is -0.0351 e. The Hall–Kier alpha value is -0.260. The minimum atomic E-state index is 1.01. The van der Waals surface area contributed by atoms with Crippen LogP contribution in [0.4, 0.5) is 0 Å². The molecule has 0 heteroatoms. The summed E-state index contributed by atoms with van der Waals surface area (Å²) < 4.78 is 0. The monoisotopic (exact) mass is 166 g/mol. The molecule has 0 aromatic heterocycles. The molecule has 0 nitrogen and oxygen atoms in total. The van der Waals surface area contributed by atoms with Gasteiger partial charge in [-0.3, -0.25) is 0 Å². The molecule has 0 N–H and O–H groups in total. The average molecular weight is 166 g/mol. The molecule has 0 aromatic rings. The summed E-state index contributed by atoms with van der Waals surface area (Å²) in [7, 11) is 0. The van der Waals surface area contributed by atoms with Crippen LogP contribution in [0, 0.1) is 11.8 Å². The minimum Gasteiger partial charge on any atom is -0.0917 e. The van der Waals surface area contributed by atoms with Crippen LogP contribution in [-0.2, 0) is 0 Å². The molecule has 70 valence electrons. The number of rotatable bonds is 4. The third-order valence-corrected chi connectivity index (χ3v) is 3.22. The van der Waals surface area contributed by atoms with E-state index in [1.54, 1.807) is 0 Å². The molecule has 0 bridgehead atoms. The van der Waals surface area contributed by atoms with Gasteiger partial charge in [-0.05, 0) is 38.0 Å². The van der Waals surface area contributed by atoms with Gasteiger partial charge in [-0.1, -0.05) is 38.3 Å². The zero-order chi connectivity index (χ0) is 8.81. The van der Waals surface area contributed by atoms with E-state index in [0.717, 1.165) is 11.8 Å². The summed E-state index contributed by atoms with van der Waals surface area (Å²) in [5.41, 5.74) is 0. The normalized spacial score (nSPS) is 30.2. The van der Waals surface area contributed by atoms with Crippen LogP contribution >= 0.6 is 0 Å². The van der Waals surface area contributed by atoms with Gasteiger partial charge in [0.1, 0.15) is 0 Å². The molecule has 1 saturated carbocycles. The fraction of sp³-hybridized carbons (Fsp3) is 0.833. The lowest BCUT2D eigenvalue weighted by atomic mass is 9.92. The Morgan fingerprint density at radius 3 is 2.75 bits per heavy atom. The van der Waals surface area contributed by atoms with Crippen molar-refractivity contribution in [3.63, 3.8) is 0 Å². The van der Waals surface area contributed by atoms with E-state index in [1.165, 1.54) is 38.5 Å².